The van der Waals surface area contributed by atoms with Crippen molar-refractivity contribution < 1.29 is 9.53 Å². The van der Waals surface area contributed by atoms with E-state index in [-0.39, 0.29) is 6.10 Å². The predicted octanol–water partition coefficient (Wildman–Crippen LogP) is 2.52. The van der Waals surface area contributed by atoms with Crippen molar-refractivity contribution in [2.45, 2.75) is 45.3 Å². The third-order valence-corrected chi connectivity index (χ3v) is 3.19. The summed E-state index contributed by atoms with van der Waals surface area (Å²) in [5.41, 5.74) is 1.49. The molecule has 0 aliphatic carbocycles. The van der Waals surface area contributed by atoms with Crippen molar-refractivity contribution in [3.8, 4) is 0 Å². The van der Waals surface area contributed by atoms with Gasteiger partial charge in [0.15, 0.2) is 6.29 Å². The van der Waals surface area contributed by atoms with Crippen molar-refractivity contribution in [2.24, 2.45) is 0 Å². The van der Waals surface area contributed by atoms with Gasteiger partial charge < -0.3 is 4.74 Å². The number of aromatic nitrogens is 2. The molecule has 2 rings (SSSR count). The Morgan fingerprint density at radius 2 is 2.56 bits per heavy atom. The van der Waals surface area contributed by atoms with Gasteiger partial charge in [-0.1, -0.05) is 6.92 Å². The molecule has 2 atom stereocenters. The Morgan fingerprint density at radius 3 is 3.12 bits per heavy atom. The summed E-state index contributed by atoms with van der Waals surface area (Å²) < 4.78 is 7.45. The standard InChI is InChI=1S/C12H18N2O2/c1-3-9(2)14-7-10(8-15)12(13-14)11-5-4-6-16-11/h7-9,11H,3-6H2,1-2H3. The Labute approximate surface area is 95.6 Å². The first-order valence-electron chi connectivity index (χ1n) is 5.92. The van der Waals surface area contributed by atoms with Gasteiger partial charge >= 0.3 is 0 Å². The van der Waals surface area contributed by atoms with Gasteiger partial charge in [0.1, 0.15) is 11.8 Å². The fourth-order valence-corrected chi connectivity index (χ4v) is 1.97. The van der Waals surface area contributed by atoms with E-state index in [0.717, 1.165) is 37.8 Å². The normalized spacial score (nSPS) is 22.2. The molecule has 4 nitrogen and oxygen atoms in total. The summed E-state index contributed by atoms with van der Waals surface area (Å²) in [7, 11) is 0. The van der Waals surface area contributed by atoms with Crippen LogP contribution in [0.15, 0.2) is 6.20 Å². The maximum atomic E-state index is 11.0. The maximum absolute atomic E-state index is 11.0. The van der Waals surface area contributed by atoms with E-state index in [4.69, 9.17) is 4.74 Å². The summed E-state index contributed by atoms with van der Waals surface area (Å²) in [6.45, 7) is 4.98. The van der Waals surface area contributed by atoms with Crippen molar-refractivity contribution in [1.82, 2.24) is 9.78 Å². The van der Waals surface area contributed by atoms with Gasteiger partial charge in [-0.3, -0.25) is 9.48 Å². The van der Waals surface area contributed by atoms with E-state index in [1.54, 1.807) is 0 Å². The van der Waals surface area contributed by atoms with E-state index in [1.807, 2.05) is 10.9 Å². The number of rotatable bonds is 4. The Bertz CT molecular complexity index is 367. The molecule has 1 aromatic heterocycles. The molecular formula is C12H18N2O2. The van der Waals surface area contributed by atoms with Crippen molar-refractivity contribution in [3.63, 3.8) is 0 Å². The van der Waals surface area contributed by atoms with Crippen molar-refractivity contribution in [2.75, 3.05) is 6.61 Å². The molecule has 0 radical (unpaired) electrons. The molecule has 0 aromatic carbocycles. The molecule has 1 aliphatic rings. The highest BCUT2D eigenvalue weighted by atomic mass is 16.5. The molecule has 0 saturated carbocycles. The van der Waals surface area contributed by atoms with Crippen molar-refractivity contribution >= 4 is 6.29 Å². The van der Waals surface area contributed by atoms with Gasteiger partial charge in [-0.25, -0.2) is 0 Å². The predicted molar refractivity (Wildman–Crippen MR) is 60.5 cm³/mol. The van der Waals surface area contributed by atoms with Gasteiger partial charge in [-0.05, 0) is 26.2 Å². The molecular weight excluding hydrogens is 204 g/mol. The first kappa shape index (κ1) is 11.3. The topological polar surface area (TPSA) is 44.1 Å². The minimum absolute atomic E-state index is 0.0190. The summed E-state index contributed by atoms with van der Waals surface area (Å²) in [5, 5.41) is 4.49. The van der Waals surface area contributed by atoms with Crippen LogP contribution < -0.4 is 0 Å². The lowest BCUT2D eigenvalue weighted by Gasteiger charge is -2.09. The number of hydrogen-bond donors (Lipinski definition) is 0. The smallest absolute Gasteiger partial charge is 0.153 e. The molecule has 4 heteroatoms. The molecule has 1 fully saturated rings. The van der Waals surface area contributed by atoms with E-state index in [1.165, 1.54) is 0 Å². The summed E-state index contributed by atoms with van der Waals surface area (Å²) in [5.74, 6) is 0. The maximum Gasteiger partial charge on any atom is 0.153 e. The van der Waals surface area contributed by atoms with Gasteiger partial charge in [0, 0.05) is 18.8 Å². The third-order valence-electron chi connectivity index (χ3n) is 3.19. The summed E-state index contributed by atoms with van der Waals surface area (Å²) in [4.78, 5) is 11.0. The average Bonchev–Trinajstić information content (AvgIpc) is 2.95. The van der Waals surface area contributed by atoms with Crippen LogP contribution in [0.2, 0.25) is 0 Å². The molecule has 1 aliphatic heterocycles. The highest BCUT2D eigenvalue weighted by molar-refractivity contribution is 5.76. The summed E-state index contributed by atoms with van der Waals surface area (Å²) >= 11 is 0. The van der Waals surface area contributed by atoms with Crippen LogP contribution in [0.3, 0.4) is 0 Å². The summed E-state index contributed by atoms with van der Waals surface area (Å²) in [6.07, 6.45) is 5.76. The molecule has 2 heterocycles. The number of carbonyl (C=O) groups excluding carboxylic acids is 1. The Balaban J connectivity index is 2.28. The zero-order chi connectivity index (χ0) is 11.5. The van der Waals surface area contributed by atoms with Crippen LogP contribution >= 0.6 is 0 Å². The second kappa shape index (κ2) is 4.78. The SMILES string of the molecule is CCC(C)n1cc(C=O)c(C2CCCO2)n1. The largest absolute Gasteiger partial charge is 0.372 e. The minimum atomic E-state index is 0.0190. The molecule has 2 unspecified atom stereocenters. The van der Waals surface area contributed by atoms with Gasteiger partial charge in [0.25, 0.3) is 0 Å². The molecule has 0 N–H and O–H groups in total. The van der Waals surface area contributed by atoms with Crippen LogP contribution in [0.25, 0.3) is 0 Å². The van der Waals surface area contributed by atoms with Crippen molar-refractivity contribution in [1.29, 1.82) is 0 Å². The second-order valence-electron chi connectivity index (χ2n) is 4.33. The quantitative estimate of drug-likeness (QED) is 0.735. The fourth-order valence-electron chi connectivity index (χ4n) is 1.97. The van der Waals surface area contributed by atoms with E-state index >= 15 is 0 Å². The highest BCUT2D eigenvalue weighted by Crippen LogP contribution is 2.29. The Hall–Kier alpha value is -1.16. The molecule has 16 heavy (non-hydrogen) atoms. The molecule has 0 amide bonds. The third kappa shape index (κ3) is 2.02. The van der Waals surface area contributed by atoms with E-state index in [9.17, 15) is 4.79 Å². The van der Waals surface area contributed by atoms with Gasteiger partial charge in [-0.15, -0.1) is 0 Å². The zero-order valence-electron chi connectivity index (χ0n) is 9.85. The molecule has 1 aromatic rings. The minimum Gasteiger partial charge on any atom is -0.372 e. The lowest BCUT2D eigenvalue weighted by molar-refractivity contribution is 0.103. The van der Waals surface area contributed by atoms with Crippen LogP contribution in [0, 0.1) is 0 Å². The number of ether oxygens (including phenoxy) is 1. The number of aldehydes is 1. The van der Waals surface area contributed by atoms with E-state index in [2.05, 4.69) is 18.9 Å². The zero-order valence-corrected chi connectivity index (χ0v) is 9.85. The highest BCUT2D eigenvalue weighted by Gasteiger charge is 2.24. The Morgan fingerprint density at radius 1 is 1.75 bits per heavy atom. The first-order valence-corrected chi connectivity index (χ1v) is 5.92. The average molecular weight is 222 g/mol. The molecule has 0 bridgehead atoms. The van der Waals surface area contributed by atoms with Crippen LogP contribution in [-0.4, -0.2) is 22.7 Å². The first-order chi connectivity index (χ1) is 7.76. The number of carbonyl (C=O) groups is 1. The van der Waals surface area contributed by atoms with Crippen LogP contribution in [0.5, 0.6) is 0 Å². The molecule has 88 valence electrons. The number of nitrogens with zero attached hydrogens (tertiary/aromatic N) is 2. The van der Waals surface area contributed by atoms with Crippen LogP contribution in [0.4, 0.5) is 0 Å². The van der Waals surface area contributed by atoms with Crippen LogP contribution in [0.1, 0.15) is 61.3 Å². The lowest BCUT2D eigenvalue weighted by atomic mass is 10.1. The van der Waals surface area contributed by atoms with Crippen molar-refractivity contribution in [3.05, 3.63) is 17.5 Å². The lowest BCUT2D eigenvalue weighted by Crippen LogP contribution is -2.06. The van der Waals surface area contributed by atoms with E-state index in [0.29, 0.717) is 11.6 Å². The van der Waals surface area contributed by atoms with Gasteiger partial charge in [-0.2, -0.15) is 5.10 Å². The van der Waals surface area contributed by atoms with E-state index < -0.39 is 0 Å². The van der Waals surface area contributed by atoms with Crippen LogP contribution in [-0.2, 0) is 4.74 Å². The van der Waals surface area contributed by atoms with Gasteiger partial charge in [0.2, 0.25) is 0 Å². The Kier molecular flexibility index (Phi) is 3.39. The molecule has 1 saturated heterocycles. The molecule has 0 spiro atoms. The number of hydrogen-bond acceptors (Lipinski definition) is 3. The second-order valence-corrected chi connectivity index (χ2v) is 4.33. The van der Waals surface area contributed by atoms with Gasteiger partial charge in [0.05, 0.1) is 5.56 Å². The monoisotopic (exact) mass is 222 g/mol. The summed E-state index contributed by atoms with van der Waals surface area (Å²) in [6, 6.07) is 0.328. The fraction of sp³-hybridized carbons (Fsp3) is 0.667.